The van der Waals surface area contributed by atoms with E-state index in [0.29, 0.717) is 98.3 Å². The highest BCUT2D eigenvalue weighted by atomic mass is 19.4. The third-order valence-corrected chi connectivity index (χ3v) is 11.4. The van der Waals surface area contributed by atoms with Gasteiger partial charge in [0, 0.05) is 23.4 Å². The Bertz CT molecular complexity index is 2960. The molecule has 0 saturated heterocycles. The van der Waals surface area contributed by atoms with Gasteiger partial charge in [0.1, 0.15) is 36.2 Å². The van der Waals surface area contributed by atoms with Crippen molar-refractivity contribution in [2.24, 2.45) is 0 Å². The molecular weight excluding hydrogens is 1030 g/mol. The highest BCUT2D eigenvalue weighted by Gasteiger charge is 2.35. The highest BCUT2D eigenvalue weighted by Crippen LogP contribution is 2.37. The first kappa shape index (κ1) is 59.7. The van der Waals surface area contributed by atoms with E-state index in [-0.39, 0.29) is 69.0 Å². The second-order valence-electron chi connectivity index (χ2n) is 17.1. The molecule has 19 heteroatoms. The molecule has 0 atom stereocenters. The molecule has 0 bridgehead atoms. The van der Waals surface area contributed by atoms with Crippen LogP contribution in [-0.2, 0) is 44.2 Å². The maximum Gasteiger partial charge on any atom is 0.419 e. The average Bonchev–Trinajstić information content (AvgIpc) is 3.51. The third-order valence-electron chi connectivity index (χ3n) is 11.4. The van der Waals surface area contributed by atoms with E-state index in [1.54, 1.807) is 42.5 Å². The Kier molecular flexibility index (Phi) is 23.9. The molecule has 1 N–H and O–H groups in total. The Balaban J connectivity index is 0.800. The van der Waals surface area contributed by atoms with E-state index in [4.69, 9.17) is 47.4 Å². The summed E-state index contributed by atoms with van der Waals surface area (Å²) in [4.78, 5) is 60.6. The van der Waals surface area contributed by atoms with E-state index >= 15 is 0 Å². The summed E-state index contributed by atoms with van der Waals surface area (Å²) in [6.45, 7) is 9.10. The molecule has 0 aliphatic heterocycles. The summed E-state index contributed by atoms with van der Waals surface area (Å²) in [5, 5.41) is 4.14. The van der Waals surface area contributed by atoms with Crippen molar-refractivity contribution in [1.29, 1.82) is 0 Å². The van der Waals surface area contributed by atoms with Gasteiger partial charge < -0.3 is 52.7 Å². The number of hydrogen-bond acceptors (Lipinski definition) is 15. The Morgan fingerprint density at radius 2 is 0.899 bits per heavy atom. The summed E-state index contributed by atoms with van der Waals surface area (Å²) in [6, 6.07) is 34.1. The summed E-state index contributed by atoms with van der Waals surface area (Å²) >= 11 is 0. The second kappa shape index (κ2) is 31.6. The van der Waals surface area contributed by atoms with Crippen LogP contribution in [0.1, 0.15) is 62.3 Å². The Morgan fingerprint density at radius 1 is 0.443 bits per heavy atom. The molecule has 16 nitrogen and oxygen atoms in total. The molecule has 0 radical (unpaired) electrons. The van der Waals surface area contributed by atoms with Crippen LogP contribution in [0.15, 0.2) is 153 Å². The van der Waals surface area contributed by atoms with E-state index < -0.39 is 41.4 Å². The van der Waals surface area contributed by atoms with Crippen LogP contribution in [0.25, 0.3) is 21.9 Å². The Morgan fingerprint density at radius 3 is 1.49 bits per heavy atom. The van der Waals surface area contributed by atoms with Crippen molar-refractivity contribution in [2.45, 2.75) is 31.9 Å². The number of amides is 1. The molecule has 0 heterocycles. The van der Waals surface area contributed by atoms with Gasteiger partial charge in [-0.1, -0.05) is 49.6 Å². The summed E-state index contributed by atoms with van der Waals surface area (Å²) in [5.74, 6) is -1.91. The zero-order valence-corrected chi connectivity index (χ0v) is 43.3. The van der Waals surface area contributed by atoms with Gasteiger partial charge in [-0.3, -0.25) is 4.79 Å². The number of carbonyl (C=O) groups excluding carboxylic acids is 5. The highest BCUT2D eigenvalue weighted by molar-refractivity contribution is 6.04. The number of ether oxygens (including phenoxy) is 10. The standard InChI is InChI=1S/C60H60F3NO15/c1-3-55(65)76-28-6-5-27-73-50-23-15-44(16-24-50)57(67)64-49-19-11-42(12-20-49)43-13-21-51(22-14-43)74-37-35-71-33-31-70-32-34-72-36-38-75-54-26-18-48(41-53(54)60(61,62)63)59(69)79-52-25-17-45-39-47(10-9-46(45)40-52)58(68)78-30-8-7-29-77-56(66)4-2/h3-4,9-26,39-41H,1-2,5-8,27-38H2,(H,64,67). The number of halogens is 3. The van der Waals surface area contributed by atoms with Crippen molar-refractivity contribution in [3.63, 3.8) is 0 Å². The fourth-order valence-corrected chi connectivity index (χ4v) is 7.26. The fourth-order valence-electron chi connectivity index (χ4n) is 7.26. The molecule has 0 aliphatic rings. The number of unbranched alkanes of at least 4 members (excludes halogenated alkanes) is 2. The van der Waals surface area contributed by atoms with Crippen LogP contribution in [0, 0.1) is 0 Å². The molecule has 0 aliphatic carbocycles. The quantitative estimate of drug-likeness (QED) is 0.0135. The molecule has 0 unspecified atom stereocenters. The zero-order chi connectivity index (χ0) is 56.2. The van der Waals surface area contributed by atoms with E-state index in [0.717, 1.165) is 29.3 Å². The lowest BCUT2D eigenvalue weighted by Gasteiger charge is -2.15. The summed E-state index contributed by atoms with van der Waals surface area (Å²) < 4.78 is 96.2. The largest absolute Gasteiger partial charge is 0.494 e. The maximum atomic E-state index is 14.1. The lowest BCUT2D eigenvalue weighted by atomic mass is 10.1. The van der Waals surface area contributed by atoms with Gasteiger partial charge in [-0.25, -0.2) is 19.2 Å². The third kappa shape index (κ3) is 20.4. The molecule has 0 fully saturated rings. The number of carbonyl (C=O) groups is 5. The molecule has 0 spiro atoms. The number of rotatable bonds is 33. The van der Waals surface area contributed by atoms with E-state index in [2.05, 4.69) is 18.5 Å². The van der Waals surface area contributed by atoms with Gasteiger partial charge in [0.05, 0.1) is 82.8 Å². The molecule has 6 rings (SSSR count). The molecule has 1 amide bonds. The Hall–Kier alpha value is -8.52. The number of fused-ring (bicyclic) bond motifs is 1. The van der Waals surface area contributed by atoms with Gasteiger partial charge in [0.15, 0.2) is 0 Å². The topological polar surface area (TPSA) is 190 Å². The van der Waals surface area contributed by atoms with E-state index in [1.165, 1.54) is 24.3 Å². The minimum absolute atomic E-state index is 0.0238. The number of nitrogens with one attached hydrogen (secondary N) is 1. The summed E-state index contributed by atoms with van der Waals surface area (Å²) in [5.41, 5.74) is 1.83. The molecule has 416 valence electrons. The monoisotopic (exact) mass is 1090 g/mol. The van der Waals surface area contributed by atoms with Crippen LogP contribution >= 0.6 is 0 Å². The van der Waals surface area contributed by atoms with Crippen molar-refractivity contribution < 1.29 is 84.5 Å². The minimum atomic E-state index is -4.84. The molecule has 79 heavy (non-hydrogen) atoms. The van der Waals surface area contributed by atoms with Crippen LogP contribution < -0.4 is 24.3 Å². The zero-order valence-electron chi connectivity index (χ0n) is 43.3. The number of esters is 4. The van der Waals surface area contributed by atoms with Gasteiger partial charge in [0.25, 0.3) is 5.91 Å². The smallest absolute Gasteiger partial charge is 0.419 e. The van der Waals surface area contributed by atoms with Crippen LogP contribution in [0.3, 0.4) is 0 Å². The summed E-state index contributed by atoms with van der Waals surface area (Å²) in [7, 11) is 0. The van der Waals surface area contributed by atoms with Crippen molar-refractivity contribution in [3.8, 4) is 34.1 Å². The van der Waals surface area contributed by atoms with Crippen LogP contribution in [0.4, 0.5) is 18.9 Å². The van der Waals surface area contributed by atoms with Gasteiger partial charge >= 0.3 is 30.1 Å². The predicted molar refractivity (Wildman–Crippen MR) is 287 cm³/mol. The molecule has 6 aromatic rings. The van der Waals surface area contributed by atoms with Gasteiger partial charge in [-0.05, 0) is 139 Å². The molecule has 0 aromatic heterocycles. The average molecular weight is 1090 g/mol. The fraction of sp³-hybridized carbons (Fsp3) is 0.283. The van der Waals surface area contributed by atoms with Crippen LogP contribution in [0.2, 0.25) is 0 Å². The van der Waals surface area contributed by atoms with Crippen LogP contribution in [0.5, 0.6) is 23.0 Å². The Labute approximate surface area is 454 Å². The first-order valence-electron chi connectivity index (χ1n) is 25.3. The minimum Gasteiger partial charge on any atom is -0.494 e. The second-order valence-corrected chi connectivity index (χ2v) is 17.1. The maximum absolute atomic E-state index is 14.1. The molecular formula is C60H60F3NO15. The van der Waals surface area contributed by atoms with E-state index in [1.807, 2.05) is 48.5 Å². The molecule has 6 aromatic carbocycles. The lowest BCUT2D eigenvalue weighted by Crippen LogP contribution is -2.16. The van der Waals surface area contributed by atoms with Gasteiger partial charge in [-0.15, -0.1) is 0 Å². The number of benzene rings is 6. The number of anilines is 1. The van der Waals surface area contributed by atoms with Crippen molar-refractivity contribution in [3.05, 3.63) is 175 Å². The number of alkyl halides is 3. The summed E-state index contributed by atoms with van der Waals surface area (Å²) in [6.07, 6.45) is -0.299. The van der Waals surface area contributed by atoms with Crippen molar-refractivity contribution >= 4 is 46.2 Å². The lowest BCUT2D eigenvalue weighted by molar-refractivity contribution is -0.139. The molecule has 0 saturated carbocycles. The predicted octanol–water partition coefficient (Wildman–Crippen LogP) is 11.1. The first-order valence-corrected chi connectivity index (χ1v) is 25.3. The number of hydrogen-bond donors (Lipinski definition) is 1. The van der Waals surface area contributed by atoms with Gasteiger partial charge in [-0.2, -0.15) is 13.2 Å². The van der Waals surface area contributed by atoms with E-state index in [9.17, 15) is 37.1 Å². The van der Waals surface area contributed by atoms with Crippen molar-refractivity contribution in [1.82, 2.24) is 0 Å². The van der Waals surface area contributed by atoms with Crippen molar-refractivity contribution in [2.75, 3.05) is 84.6 Å². The normalized spacial score (nSPS) is 11.0. The van der Waals surface area contributed by atoms with Crippen LogP contribution in [-0.4, -0.2) is 109 Å². The van der Waals surface area contributed by atoms with Gasteiger partial charge in [0.2, 0.25) is 0 Å². The first-order chi connectivity index (χ1) is 38.3. The SMILES string of the molecule is C=CC(=O)OCCCCOC(=O)c1ccc2cc(OC(=O)c3ccc(OCCOCCOCCOCCOc4ccc(-c5ccc(NC(=O)c6ccc(OCCCCOC(=O)C=C)cc6)cc5)cc4)c(C(F)(F)F)c3)ccc2c1.